The number of halogens is 1. The molecule has 3 rings (SSSR count). The van der Waals surface area contributed by atoms with Gasteiger partial charge in [0.25, 0.3) is 0 Å². The first-order valence-corrected chi connectivity index (χ1v) is 9.14. The molecule has 0 aromatic heterocycles. The number of piperidine rings is 1. The maximum absolute atomic E-state index is 12.9. The number of rotatable bonds is 4. The third kappa shape index (κ3) is 4.70. The van der Waals surface area contributed by atoms with Crippen molar-refractivity contribution < 1.29 is 19.0 Å². The molecule has 1 atom stereocenters. The number of likely N-dealkylation sites (tertiary alicyclic amines) is 1. The minimum atomic E-state index is -0.325. The first kappa shape index (κ1) is 18.1. The van der Waals surface area contributed by atoms with Crippen molar-refractivity contribution in [2.24, 2.45) is 5.41 Å². The van der Waals surface area contributed by atoms with Gasteiger partial charge in [-0.05, 0) is 68.2 Å². The molecule has 2 N–H and O–H groups in total. The van der Waals surface area contributed by atoms with E-state index in [1.165, 1.54) is 18.6 Å². The highest BCUT2D eigenvalue weighted by Crippen LogP contribution is 2.38. The van der Waals surface area contributed by atoms with Gasteiger partial charge in [0, 0.05) is 32.0 Å². The zero-order chi connectivity index (χ0) is 17.7. The Balaban J connectivity index is 1.52. The van der Waals surface area contributed by atoms with Crippen molar-refractivity contribution in [3.8, 4) is 0 Å². The first-order valence-electron chi connectivity index (χ1n) is 9.14. The molecule has 1 unspecified atom stereocenters. The summed E-state index contributed by atoms with van der Waals surface area (Å²) in [5.41, 5.74) is 0.440. The predicted molar refractivity (Wildman–Crippen MR) is 94.0 cm³/mol. The number of nitrogens with one attached hydrogen (secondary N) is 1. The number of urea groups is 1. The van der Waals surface area contributed by atoms with E-state index in [-0.39, 0.29) is 30.0 Å². The summed E-state index contributed by atoms with van der Waals surface area (Å²) >= 11 is 0. The van der Waals surface area contributed by atoms with E-state index in [2.05, 4.69) is 5.32 Å². The van der Waals surface area contributed by atoms with Crippen LogP contribution in [0.15, 0.2) is 24.3 Å². The zero-order valence-corrected chi connectivity index (χ0v) is 14.5. The van der Waals surface area contributed by atoms with Gasteiger partial charge in [-0.25, -0.2) is 9.18 Å². The smallest absolute Gasteiger partial charge is 0.321 e. The Morgan fingerprint density at radius 3 is 2.60 bits per heavy atom. The van der Waals surface area contributed by atoms with E-state index in [4.69, 9.17) is 4.74 Å². The van der Waals surface area contributed by atoms with Crippen LogP contribution in [-0.2, 0) is 4.74 Å². The van der Waals surface area contributed by atoms with Crippen molar-refractivity contribution in [2.75, 3.05) is 31.6 Å². The van der Waals surface area contributed by atoms with E-state index in [0.29, 0.717) is 18.8 Å². The van der Waals surface area contributed by atoms with Crippen molar-refractivity contribution in [1.82, 2.24) is 4.90 Å². The Bertz CT molecular complexity index is 565. The summed E-state index contributed by atoms with van der Waals surface area (Å²) in [6.45, 7) is 2.18. The number of nitrogens with zero attached hydrogens (tertiary/aromatic N) is 1. The number of hydrogen-bond donors (Lipinski definition) is 2. The molecule has 0 spiro atoms. The second kappa shape index (κ2) is 8.15. The molecule has 1 aromatic carbocycles. The van der Waals surface area contributed by atoms with Crippen LogP contribution in [0.3, 0.4) is 0 Å². The van der Waals surface area contributed by atoms with Crippen molar-refractivity contribution in [3.05, 3.63) is 30.1 Å². The second-order valence-electron chi connectivity index (χ2n) is 7.27. The highest BCUT2D eigenvalue weighted by atomic mass is 19.1. The molecular weight excluding hydrogens is 323 g/mol. The fourth-order valence-corrected chi connectivity index (χ4v) is 3.80. The number of ether oxygens (including phenoxy) is 1. The lowest BCUT2D eigenvalue weighted by atomic mass is 9.74. The van der Waals surface area contributed by atoms with Gasteiger partial charge in [-0.15, -0.1) is 0 Å². The number of aliphatic hydroxyl groups excluding tert-OH is 1. The van der Waals surface area contributed by atoms with Crippen LogP contribution in [0.5, 0.6) is 0 Å². The molecule has 25 heavy (non-hydrogen) atoms. The average Bonchev–Trinajstić information content (AvgIpc) is 2.65. The summed E-state index contributed by atoms with van der Waals surface area (Å²) in [7, 11) is 0. The molecule has 2 saturated heterocycles. The number of amides is 2. The van der Waals surface area contributed by atoms with E-state index in [0.717, 1.165) is 38.7 Å². The fourth-order valence-electron chi connectivity index (χ4n) is 3.80. The molecule has 0 aliphatic carbocycles. The van der Waals surface area contributed by atoms with Gasteiger partial charge in [-0.3, -0.25) is 0 Å². The van der Waals surface area contributed by atoms with Crippen molar-refractivity contribution in [3.63, 3.8) is 0 Å². The van der Waals surface area contributed by atoms with E-state index in [1.807, 2.05) is 0 Å². The van der Waals surface area contributed by atoms with Gasteiger partial charge in [0.1, 0.15) is 5.82 Å². The maximum Gasteiger partial charge on any atom is 0.321 e. The average molecular weight is 350 g/mol. The largest absolute Gasteiger partial charge is 0.396 e. The summed E-state index contributed by atoms with van der Waals surface area (Å²) < 4.78 is 18.8. The van der Waals surface area contributed by atoms with E-state index >= 15 is 0 Å². The van der Waals surface area contributed by atoms with E-state index in [1.54, 1.807) is 17.0 Å². The van der Waals surface area contributed by atoms with Gasteiger partial charge in [0.05, 0.1) is 6.10 Å². The highest BCUT2D eigenvalue weighted by Gasteiger charge is 2.38. The first-order chi connectivity index (χ1) is 12.1. The number of aliphatic hydroxyl groups is 1. The second-order valence-corrected chi connectivity index (χ2v) is 7.27. The van der Waals surface area contributed by atoms with E-state index in [9.17, 15) is 14.3 Å². The molecule has 2 aliphatic rings. The van der Waals surface area contributed by atoms with Crippen molar-refractivity contribution in [1.29, 1.82) is 0 Å². The van der Waals surface area contributed by atoms with Gasteiger partial charge < -0.3 is 20.1 Å². The minimum Gasteiger partial charge on any atom is -0.396 e. The summed E-state index contributed by atoms with van der Waals surface area (Å²) in [4.78, 5) is 14.1. The lowest BCUT2D eigenvalue weighted by molar-refractivity contribution is -0.0440. The van der Waals surface area contributed by atoms with E-state index < -0.39 is 0 Å². The number of anilines is 1. The van der Waals surface area contributed by atoms with Crippen LogP contribution in [0, 0.1) is 11.2 Å². The Labute approximate surface area is 148 Å². The Hall–Kier alpha value is -1.66. The van der Waals surface area contributed by atoms with Crippen LogP contribution < -0.4 is 5.32 Å². The Morgan fingerprint density at radius 2 is 2.00 bits per heavy atom. The molecule has 2 heterocycles. The van der Waals surface area contributed by atoms with Crippen LogP contribution in [0.1, 0.15) is 38.5 Å². The lowest BCUT2D eigenvalue weighted by Gasteiger charge is -2.43. The highest BCUT2D eigenvalue weighted by molar-refractivity contribution is 5.89. The number of carbonyl (C=O) groups excluding carboxylic acids is 1. The lowest BCUT2D eigenvalue weighted by Crippen LogP contribution is -2.47. The van der Waals surface area contributed by atoms with Crippen LogP contribution in [-0.4, -0.2) is 48.4 Å². The van der Waals surface area contributed by atoms with Gasteiger partial charge in [0.15, 0.2) is 0 Å². The minimum absolute atomic E-state index is 0.139. The third-order valence-electron chi connectivity index (χ3n) is 5.48. The van der Waals surface area contributed by atoms with Gasteiger partial charge in [-0.2, -0.15) is 0 Å². The topological polar surface area (TPSA) is 61.8 Å². The maximum atomic E-state index is 12.9. The number of benzene rings is 1. The summed E-state index contributed by atoms with van der Waals surface area (Å²) in [6.07, 6.45) is 6.05. The molecule has 0 bridgehead atoms. The molecule has 5 nitrogen and oxygen atoms in total. The number of carbonyl (C=O) groups is 1. The standard InChI is InChI=1S/C19H27FN2O3/c20-15-4-6-16(7-5-15)21-18(24)22-10-8-19(14-23,9-11-22)13-17-3-1-2-12-25-17/h4-7,17,23H,1-3,8-14H2,(H,21,24). The predicted octanol–water partition coefficient (Wildman–Crippen LogP) is 3.39. The normalized spacial score (nSPS) is 23.3. The molecule has 2 aliphatic heterocycles. The van der Waals surface area contributed by atoms with Crippen molar-refractivity contribution >= 4 is 11.7 Å². The molecule has 2 amide bonds. The Morgan fingerprint density at radius 1 is 1.28 bits per heavy atom. The zero-order valence-electron chi connectivity index (χ0n) is 14.5. The molecule has 0 saturated carbocycles. The molecular formula is C19H27FN2O3. The summed E-state index contributed by atoms with van der Waals surface area (Å²) in [5.74, 6) is -0.325. The van der Waals surface area contributed by atoms with Crippen LogP contribution in [0.4, 0.5) is 14.9 Å². The molecule has 0 radical (unpaired) electrons. The van der Waals surface area contributed by atoms with Gasteiger partial charge >= 0.3 is 6.03 Å². The molecule has 138 valence electrons. The fraction of sp³-hybridized carbons (Fsp3) is 0.632. The third-order valence-corrected chi connectivity index (χ3v) is 5.48. The quantitative estimate of drug-likeness (QED) is 0.875. The van der Waals surface area contributed by atoms with Crippen LogP contribution >= 0.6 is 0 Å². The SMILES string of the molecule is O=C(Nc1ccc(F)cc1)N1CCC(CO)(CC2CCCCO2)CC1. The Kier molecular flexibility index (Phi) is 5.91. The van der Waals surface area contributed by atoms with Gasteiger partial charge in [0.2, 0.25) is 0 Å². The monoisotopic (exact) mass is 350 g/mol. The summed E-state index contributed by atoms with van der Waals surface area (Å²) in [5, 5.41) is 12.7. The molecule has 1 aromatic rings. The van der Waals surface area contributed by atoms with Crippen LogP contribution in [0.2, 0.25) is 0 Å². The molecule has 6 heteroatoms. The number of hydrogen-bond acceptors (Lipinski definition) is 3. The van der Waals surface area contributed by atoms with Gasteiger partial charge in [-0.1, -0.05) is 0 Å². The van der Waals surface area contributed by atoms with Crippen molar-refractivity contribution in [2.45, 2.75) is 44.6 Å². The summed E-state index contributed by atoms with van der Waals surface area (Å²) in [6, 6.07) is 5.58. The van der Waals surface area contributed by atoms with Crippen LogP contribution in [0.25, 0.3) is 0 Å². The molecule has 2 fully saturated rings.